The Morgan fingerprint density at radius 2 is 2.12 bits per heavy atom. The van der Waals surface area contributed by atoms with Crippen LogP contribution in [0.1, 0.15) is 16.1 Å². The highest BCUT2D eigenvalue weighted by atomic mass is 16.5. The lowest BCUT2D eigenvalue weighted by Gasteiger charge is -2.32. The molecule has 0 bridgehead atoms. The van der Waals surface area contributed by atoms with Gasteiger partial charge in [0.05, 0.1) is 5.69 Å². The molecule has 0 saturated carbocycles. The normalized spacial score (nSPS) is 16.3. The van der Waals surface area contributed by atoms with Crippen molar-refractivity contribution in [2.75, 3.05) is 26.2 Å². The maximum atomic E-state index is 12.0. The van der Waals surface area contributed by atoms with E-state index in [1.54, 1.807) is 16.7 Å². The lowest BCUT2D eigenvalue weighted by atomic mass is 10.2. The first-order chi connectivity index (χ1) is 7.72. The average Bonchev–Trinajstić information content (AvgIpc) is 2.75. The van der Waals surface area contributed by atoms with Gasteiger partial charge in [-0.05, 0) is 6.92 Å². The van der Waals surface area contributed by atoms with Crippen molar-refractivity contribution in [3.05, 3.63) is 17.5 Å². The van der Waals surface area contributed by atoms with Crippen LogP contribution in [0.15, 0.2) is 10.8 Å². The van der Waals surface area contributed by atoms with E-state index in [4.69, 9.17) is 4.52 Å². The molecule has 6 nitrogen and oxygen atoms in total. The molecule has 1 fully saturated rings. The van der Waals surface area contributed by atoms with Gasteiger partial charge in [0, 0.05) is 26.2 Å². The molecule has 1 aliphatic rings. The first kappa shape index (κ1) is 10.7. The van der Waals surface area contributed by atoms with Crippen LogP contribution in [0.2, 0.25) is 0 Å². The minimum Gasteiger partial charge on any atom is -0.364 e. The van der Waals surface area contributed by atoms with Gasteiger partial charge in [0.15, 0.2) is 0 Å². The monoisotopic (exact) mass is 223 g/mol. The Morgan fingerprint density at radius 1 is 1.44 bits per heavy atom. The number of carbonyl (C=O) groups excluding carboxylic acids is 2. The molecular formula is C10H13N3O3. The summed E-state index contributed by atoms with van der Waals surface area (Å²) in [6.07, 6.45) is 2.18. The van der Waals surface area contributed by atoms with E-state index >= 15 is 0 Å². The lowest BCUT2D eigenvalue weighted by Crippen LogP contribution is -2.48. The third-order valence-electron chi connectivity index (χ3n) is 2.73. The summed E-state index contributed by atoms with van der Waals surface area (Å²) in [5.41, 5.74) is 1.10. The Kier molecular flexibility index (Phi) is 2.89. The highest BCUT2D eigenvalue weighted by Gasteiger charge is 2.23. The predicted octanol–water partition coefficient (Wildman–Crippen LogP) is -0.103. The molecule has 0 unspecified atom stereocenters. The van der Waals surface area contributed by atoms with Crippen LogP contribution < -0.4 is 0 Å². The van der Waals surface area contributed by atoms with Crippen molar-refractivity contribution in [3.8, 4) is 0 Å². The first-order valence-corrected chi connectivity index (χ1v) is 5.12. The van der Waals surface area contributed by atoms with Gasteiger partial charge in [0.1, 0.15) is 11.8 Å². The minimum absolute atomic E-state index is 0.0794. The number of piperazine rings is 1. The summed E-state index contributed by atoms with van der Waals surface area (Å²) < 4.78 is 4.74. The summed E-state index contributed by atoms with van der Waals surface area (Å²) in [7, 11) is 0. The maximum absolute atomic E-state index is 12.0. The van der Waals surface area contributed by atoms with Gasteiger partial charge in [0.2, 0.25) is 6.41 Å². The van der Waals surface area contributed by atoms with Crippen molar-refractivity contribution in [1.29, 1.82) is 0 Å². The molecule has 86 valence electrons. The molecule has 0 N–H and O–H groups in total. The number of hydrogen-bond acceptors (Lipinski definition) is 4. The molecule has 6 heteroatoms. The first-order valence-electron chi connectivity index (χ1n) is 5.12. The van der Waals surface area contributed by atoms with Crippen LogP contribution in [0.25, 0.3) is 0 Å². The largest absolute Gasteiger partial charge is 0.364 e. The van der Waals surface area contributed by atoms with E-state index in [0.717, 1.165) is 6.41 Å². The highest BCUT2D eigenvalue weighted by Crippen LogP contribution is 2.11. The van der Waals surface area contributed by atoms with Crippen molar-refractivity contribution in [3.63, 3.8) is 0 Å². The second kappa shape index (κ2) is 4.34. The zero-order valence-corrected chi connectivity index (χ0v) is 9.05. The molecule has 16 heavy (non-hydrogen) atoms. The van der Waals surface area contributed by atoms with Crippen molar-refractivity contribution < 1.29 is 14.1 Å². The number of hydrogen-bond donors (Lipinski definition) is 0. The Bertz CT molecular complexity index is 394. The standard InChI is InChI=1S/C10H13N3O3/c1-8-9(6-16-11-8)10(15)13-4-2-12(7-14)3-5-13/h6-7H,2-5H2,1H3. The topological polar surface area (TPSA) is 66.7 Å². The summed E-state index contributed by atoms with van der Waals surface area (Å²) >= 11 is 0. The molecule has 0 radical (unpaired) electrons. The number of aromatic nitrogens is 1. The molecule has 1 saturated heterocycles. The minimum atomic E-state index is -0.0794. The van der Waals surface area contributed by atoms with E-state index in [9.17, 15) is 9.59 Å². The fourth-order valence-corrected chi connectivity index (χ4v) is 1.70. The Morgan fingerprint density at radius 3 is 2.62 bits per heavy atom. The summed E-state index contributed by atoms with van der Waals surface area (Å²) in [6.45, 7) is 4.02. The summed E-state index contributed by atoms with van der Waals surface area (Å²) in [5.74, 6) is -0.0794. The Labute approximate surface area is 92.8 Å². The zero-order chi connectivity index (χ0) is 11.5. The Hall–Kier alpha value is -1.85. The van der Waals surface area contributed by atoms with E-state index < -0.39 is 0 Å². The smallest absolute Gasteiger partial charge is 0.259 e. The van der Waals surface area contributed by atoms with Gasteiger partial charge < -0.3 is 14.3 Å². The van der Waals surface area contributed by atoms with Crippen molar-refractivity contribution in [1.82, 2.24) is 15.0 Å². The van der Waals surface area contributed by atoms with Crippen molar-refractivity contribution in [2.45, 2.75) is 6.92 Å². The van der Waals surface area contributed by atoms with E-state index in [1.165, 1.54) is 6.26 Å². The second-order valence-electron chi connectivity index (χ2n) is 3.75. The van der Waals surface area contributed by atoms with E-state index in [1.807, 2.05) is 0 Å². The molecule has 1 aliphatic heterocycles. The molecule has 0 aromatic carbocycles. The molecular weight excluding hydrogens is 210 g/mol. The molecule has 1 aromatic heterocycles. The lowest BCUT2D eigenvalue weighted by molar-refractivity contribution is -0.119. The van der Waals surface area contributed by atoms with E-state index in [2.05, 4.69) is 5.16 Å². The van der Waals surface area contributed by atoms with Crippen LogP contribution >= 0.6 is 0 Å². The van der Waals surface area contributed by atoms with Crippen LogP contribution in [0.4, 0.5) is 0 Å². The van der Waals surface area contributed by atoms with Crippen LogP contribution in [0, 0.1) is 6.92 Å². The maximum Gasteiger partial charge on any atom is 0.259 e. The van der Waals surface area contributed by atoms with Crippen LogP contribution in [-0.2, 0) is 4.79 Å². The number of amides is 2. The zero-order valence-electron chi connectivity index (χ0n) is 9.05. The average molecular weight is 223 g/mol. The number of nitrogens with zero attached hydrogens (tertiary/aromatic N) is 3. The summed E-state index contributed by atoms with van der Waals surface area (Å²) in [6, 6.07) is 0. The fraction of sp³-hybridized carbons (Fsp3) is 0.500. The molecule has 0 aliphatic carbocycles. The van der Waals surface area contributed by atoms with Gasteiger partial charge in [0.25, 0.3) is 5.91 Å². The number of carbonyl (C=O) groups is 2. The van der Waals surface area contributed by atoms with Gasteiger partial charge in [-0.3, -0.25) is 9.59 Å². The van der Waals surface area contributed by atoms with Gasteiger partial charge in [-0.15, -0.1) is 0 Å². The van der Waals surface area contributed by atoms with Crippen LogP contribution in [0.5, 0.6) is 0 Å². The van der Waals surface area contributed by atoms with Gasteiger partial charge in [-0.25, -0.2) is 0 Å². The third kappa shape index (κ3) is 1.91. The molecule has 2 heterocycles. The predicted molar refractivity (Wildman–Crippen MR) is 54.8 cm³/mol. The number of aryl methyl sites for hydroxylation is 1. The van der Waals surface area contributed by atoms with Gasteiger partial charge >= 0.3 is 0 Å². The summed E-state index contributed by atoms with van der Waals surface area (Å²) in [4.78, 5) is 25.9. The summed E-state index contributed by atoms with van der Waals surface area (Å²) in [5, 5.41) is 3.67. The molecule has 0 spiro atoms. The van der Waals surface area contributed by atoms with Crippen molar-refractivity contribution in [2.24, 2.45) is 0 Å². The molecule has 0 atom stereocenters. The molecule has 2 rings (SSSR count). The molecule has 2 amide bonds. The van der Waals surface area contributed by atoms with Gasteiger partial charge in [-0.2, -0.15) is 0 Å². The van der Waals surface area contributed by atoms with E-state index in [0.29, 0.717) is 37.4 Å². The number of rotatable bonds is 2. The SMILES string of the molecule is Cc1nocc1C(=O)N1CCN(C=O)CC1. The highest BCUT2D eigenvalue weighted by molar-refractivity contribution is 5.94. The quantitative estimate of drug-likeness (QED) is 0.656. The fourth-order valence-electron chi connectivity index (χ4n) is 1.70. The van der Waals surface area contributed by atoms with Crippen molar-refractivity contribution >= 4 is 12.3 Å². The third-order valence-corrected chi connectivity index (χ3v) is 2.73. The van der Waals surface area contributed by atoms with Crippen LogP contribution in [-0.4, -0.2) is 53.5 Å². The Balaban J connectivity index is 2.02. The molecule has 1 aromatic rings. The van der Waals surface area contributed by atoms with Crippen LogP contribution in [0.3, 0.4) is 0 Å². The van der Waals surface area contributed by atoms with Gasteiger partial charge in [-0.1, -0.05) is 5.16 Å². The van der Waals surface area contributed by atoms with E-state index in [-0.39, 0.29) is 5.91 Å². The second-order valence-corrected chi connectivity index (χ2v) is 3.75.